The lowest BCUT2D eigenvalue weighted by Gasteiger charge is -2.02. The first-order valence-corrected chi connectivity index (χ1v) is 5.11. The molecule has 0 aliphatic rings. The van der Waals surface area contributed by atoms with Gasteiger partial charge in [0.1, 0.15) is 12.4 Å². The van der Waals surface area contributed by atoms with Gasteiger partial charge in [0, 0.05) is 12.1 Å². The molecule has 92 valence electrons. The molecule has 1 aromatic heterocycles. The molecule has 0 saturated carbocycles. The van der Waals surface area contributed by atoms with E-state index in [1.54, 1.807) is 12.1 Å². The van der Waals surface area contributed by atoms with Gasteiger partial charge >= 0.3 is 5.97 Å². The molecule has 0 N–H and O–H groups in total. The third-order valence-electron chi connectivity index (χ3n) is 2.22. The van der Waals surface area contributed by atoms with Crippen molar-refractivity contribution in [3.8, 4) is 0 Å². The van der Waals surface area contributed by atoms with Crippen molar-refractivity contribution in [3.05, 3.63) is 64.1 Å². The lowest BCUT2D eigenvalue weighted by molar-refractivity contribution is -0.384. The smallest absolute Gasteiger partial charge is 0.338 e. The van der Waals surface area contributed by atoms with E-state index < -0.39 is 10.9 Å². The Morgan fingerprint density at radius 3 is 2.83 bits per heavy atom. The van der Waals surface area contributed by atoms with Crippen LogP contribution in [0, 0.1) is 10.1 Å². The van der Waals surface area contributed by atoms with Crippen molar-refractivity contribution in [2.45, 2.75) is 6.61 Å². The highest BCUT2D eigenvalue weighted by Crippen LogP contribution is 2.14. The number of nitro benzene ring substituents is 1. The van der Waals surface area contributed by atoms with Gasteiger partial charge in [-0.3, -0.25) is 10.1 Å². The molecule has 6 nitrogen and oxygen atoms in total. The topological polar surface area (TPSA) is 82.6 Å². The number of nitrogens with zero attached hydrogens (tertiary/aromatic N) is 1. The predicted molar refractivity (Wildman–Crippen MR) is 60.9 cm³/mol. The third kappa shape index (κ3) is 2.73. The number of rotatable bonds is 4. The summed E-state index contributed by atoms with van der Waals surface area (Å²) in [4.78, 5) is 21.6. The van der Waals surface area contributed by atoms with Crippen molar-refractivity contribution in [3.63, 3.8) is 0 Å². The maximum atomic E-state index is 11.6. The van der Waals surface area contributed by atoms with Crippen LogP contribution in [0.15, 0.2) is 47.1 Å². The van der Waals surface area contributed by atoms with E-state index in [-0.39, 0.29) is 17.9 Å². The van der Waals surface area contributed by atoms with Crippen molar-refractivity contribution in [1.29, 1.82) is 0 Å². The third-order valence-corrected chi connectivity index (χ3v) is 2.22. The molecule has 0 saturated heterocycles. The summed E-state index contributed by atoms with van der Waals surface area (Å²) in [5, 5.41) is 10.6. The van der Waals surface area contributed by atoms with Gasteiger partial charge in [-0.2, -0.15) is 0 Å². The Morgan fingerprint density at radius 1 is 1.33 bits per heavy atom. The molecule has 6 heteroatoms. The number of furan rings is 1. The fourth-order valence-corrected chi connectivity index (χ4v) is 1.36. The van der Waals surface area contributed by atoms with Crippen molar-refractivity contribution >= 4 is 11.7 Å². The van der Waals surface area contributed by atoms with Gasteiger partial charge in [0.05, 0.1) is 16.7 Å². The number of hydrogen-bond donors (Lipinski definition) is 0. The maximum Gasteiger partial charge on any atom is 0.338 e. The molecule has 0 unspecified atom stereocenters. The monoisotopic (exact) mass is 247 g/mol. The second-order valence-corrected chi connectivity index (χ2v) is 3.46. The second-order valence-electron chi connectivity index (χ2n) is 3.46. The normalized spacial score (nSPS) is 10.0. The van der Waals surface area contributed by atoms with E-state index in [9.17, 15) is 14.9 Å². The molecule has 2 aromatic rings. The van der Waals surface area contributed by atoms with E-state index >= 15 is 0 Å². The van der Waals surface area contributed by atoms with Crippen LogP contribution in [-0.2, 0) is 11.3 Å². The van der Waals surface area contributed by atoms with Crippen LogP contribution >= 0.6 is 0 Å². The number of benzene rings is 1. The van der Waals surface area contributed by atoms with Gasteiger partial charge in [0.15, 0.2) is 0 Å². The quantitative estimate of drug-likeness (QED) is 0.471. The summed E-state index contributed by atoms with van der Waals surface area (Å²) in [5.74, 6) is -0.121. The fourth-order valence-electron chi connectivity index (χ4n) is 1.36. The van der Waals surface area contributed by atoms with Crippen LogP contribution in [0.5, 0.6) is 0 Å². The Balaban J connectivity index is 2.04. The number of nitro groups is 1. The first-order chi connectivity index (χ1) is 8.66. The molecule has 0 aliphatic heterocycles. The molecule has 0 spiro atoms. The summed E-state index contributed by atoms with van der Waals surface area (Å²) in [6, 6.07) is 8.71. The largest absolute Gasteiger partial charge is 0.466 e. The summed E-state index contributed by atoms with van der Waals surface area (Å²) in [6.07, 6.45) is 1.47. The van der Waals surface area contributed by atoms with Crippen LogP contribution in [0.4, 0.5) is 5.69 Å². The summed E-state index contributed by atoms with van der Waals surface area (Å²) in [6.45, 7) is -0.00543. The number of non-ortho nitro benzene ring substituents is 1. The van der Waals surface area contributed by atoms with Crippen molar-refractivity contribution in [1.82, 2.24) is 0 Å². The van der Waals surface area contributed by atoms with Crippen molar-refractivity contribution in [2.75, 3.05) is 0 Å². The van der Waals surface area contributed by atoms with E-state index in [2.05, 4.69) is 0 Å². The van der Waals surface area contributed by atoms with Gasteiger partial charge in [-0.05, 0) is 18.2 Å². The molecule has 0 radical (unpaired) electrons. The Morgan fingerprint density at radius 2 is 2.17 bits per heavy atom. The molecule has 2 rings (SSSR count). The van der Waals surface area contributed by atoms with Crippen LogP contribution in [0.25, 0.3) is 0 Å². The molecule has 0 fully saturated rings. The van der Waals surface area contributed by atoms with Gasteiger partial charge < -0.3 is 9.15 Å². The lowest BCUT2D eigenvalue weighted by Crippen LogP contribution is -2.05. The van der Waals surface area contributed by atoms with Gasteiger partial charge in [-0.25, -0.2) is 4.79 Å². The van der Waals surface area contributed by atoms with Crippen molar-refractivity contribution < 1.29 is 18.9 Å². The molecule has 1 heterocycles. The molecule has 0 aliphatic carbocycles. The van der Waals surface area contributed by atoms with E-state index in [1.165, 1.54) is 30.5 Å². The zero-order valence-corrected chi connectivity index (χ0v) is 9.24. The maximum absolute atomic E-state index is 11.6. The Hall–Kier alpha value is -2.63. The van der Waals surface area contributed by atoms with Crippen LogP contribution in [0.2, 0.25) is 0 Å². The van der Waals surface area contributed by atoms with Gasteiger partial charge in [-0.1, -0.05) is 6.07 Å². The molecule has 1 aromatic carbocycles. The number of carbonyl (C=O) groups excluding carboxylic acids is 1. The average molecular weight is 247 g/mol. The minimum atomic E-state index is -0.630. The molecular weight excluding hydrogens is 238 g/mol. The lowest BCUT2D eigenvalue weighted by atomic mass is 10.2. The first-order valence-electron chi connectivity index (χ1n) is 5.11. The number of esters is 1. The average Bonchev–Trinajstić information content (AvgIpc) is 2.89. The number of ether oxygens (including phenoxy) is 1. The van der Waals surface area contributed by atoms with Gasteiger partial charge in [-0.15, -0.1) is 0 Å². The van der Waals surface area contributed by atoms with Crippen molar-refractivity contribution in [2.24, 2.45) is 0 Å². The molecule has 0 amide bonds. The zero-order valence-electron chi connectivity index (χ0n) is 9.24. The van der Waals surface area contributed by atoms with Gasteiger partial charge in [0.25, 0.3) is 5.69 Å². The highest BCUT2D eigenvalue weighted by Gasteiger charge is 2.12. The molecule has 0 bridgehead atoms. The van der Waals surface area contributed by atoms with Crippen LogP contribution in [0.1, 0.15) is 16.1 Å². The zero-order chi connectivity index (χ0) is 13.0. The SMILES string of the molecule is O=C(OCc1ccco1)c1cccc([N+](=O)[O-])c1. The summed E-state index contributed by atoms with van der Waals surface area (Å²) < 4.78 is 9.95. The Kier molecular flexibility index (Phi) is 3.38. The van der Waals surface area contributed by atoms with Gasteiger partial charge in [0.2, 0.25) is 0 Å². The van der Waals surface area contributed by atoms with E-state index in [0.717, 1.165) is 0 Å². The van der Waals surface area contributed by atoms with Crippen LogP contribution in [-0.4, -0.2) is 10.9 Å². The van der Waals surface area contributed by atoms with Crippen LogP contribution in [0.3, 0.4) is 0 Å². The van der Waals surface area contributed by atoms with Crippen LogP contribution < -0.4 is 0 Å². The number of carbonyl (C=O) groups is 1. The standard InChI is InChI=1S/C12H9NO5/c14-12(18-8-11-5-2-6-17-11)9-3-1-4-10(7-9)13(15)16/h1-7H,8H2. The minimum absolute atomic E-state index is 0.00543. The molecule has 18 heavy (non-hydrogen) atoms. The highest BCUT2D eigenvalue weighted by atomic mass is 16.6. The fraction of sp³-hybridized carbons (Fsp3) is 0.0833. The Bertz CT molecular complexity index is 562. The summed E-state index contributed by atoms with van der Waals surface area (Å²) in [7, 11) is 0. The number of hydrogen-bond acceptors (Lipinski definition) is 5. The summed E-state index contributed by atoms with van der Waals surface area (Å²) >= 11 is 0. The molecule has 0 atom stereocenters. The van der Waals surface area contributed by atoms with E-state index in [0.29, 0.717) is 5.76 Å². The van der Waals surface area contributed by atoms with E-state index in [1.807, 2.05) is 0 Å². The molecular formula is C12H9NO5. The summed E-state index contributed by atoms with van der Waals surface area (Å²) in [5.41, 5.74) is -0.0156. The second kappa shape index (κ2) is 5.13. The highest BCUT2D eigenvalue weighted by molar-refractivity contribution is 5.90. The van der Waals surface area contributed by atoms with E-state index in [4.69, 9.17) is 9.15 Å². The Labute approximate surface area is 102 Å². The predicted octanol–water partition coefficient (Wildman–Crippen LogP) is 2.54. The first kappa shape index (κ1) is 11.8. The minimum Gasteiger partial charge on any atom is -0.466 e.